The molecule has 0 spiro atoms. The van der Waals surface area contributed by atoms with Crippen LogP contribution in [0.1, 0.15) is 24.3 Å². The second-order valence-corrected chi connectivity index (χ2v) is 4.62. The second kappa shape index (κ2) is 7.01. The summed E-state index contributed by atoms with van der Waals surface area (Å²) in [5.41, 5.74) is 1.17. The highest BCUT2D eigenvalue weighted by atomic mass is 16.5. The molecule has 1 heterocycles. The maximum atomic E-state index is 5.32. The molecule has 0 aliphatic rings. The molecule has 2 aromatic rings. The lowest BCUT2D eigenvalue weighted by Gasteiger charge is -2.16. The summed E-state index contributed by atoms with van der Waals surface area (Å²) in [6, 6.07) is 10.1. The van der Waals surface area contributed by atoms with E-state index in [4.69, 9.17) is 13.9 Å². The van der Waals surface area contributed by atoms with E-state index in [0.717, 1.165) is 30.2 Å². The molecule has 0 aliphatic heterocycles. The monoisotopic (exact) mass is 275 g/mol. The first-order valence-corrected chi connectivity index (χ1v) is 6.72. The van der Waals surface area contributed by atoms with E-state index in [1.54, 1.807) is 20.5 Å². The number of ether oxygens (including phenoxy) is 2. The summed E-state index contributed by atoms with van der Waals surface area (Å²) in [5, 5.41) is 3.47. The molecule has 0 fully saturated rings. The van der Waals surface area contributed by atoms with Crippen molar-refractivity contribution in [1.29, 1.82) is 0 Å². The number of hydrogen-bond donors (Lipinski definition) is 1. The van der Waals surface area contributed by atoms with Gasteiger partial charge in [0.25, 0.3) is 0 Å². The maximum absolute atomic E-state index is 5.32. The van der Waals surface area contributed by atoms with E-state index in [1.807, 2.05) is 30.3 Å². The van der Waals surface area contributed by atoms with Gasteiger partial charge in [-0.2, -0.15) is 0 Å². The lowest BCUT2D eigenvalue weighted by molar-refractivity contribution is 0.354. The number of rotatable bonds is 7. The van der Waals surface area contributed by atoms with Crippen LogP contribution in [0.4, 0.5) is 0 Å². The van der Waals surface area contributed by atoms with Crippen molar-refractivity contribution in [1.82, 2.24) is 5.32 Å². The third-order valence-electron chi connectivity index (χ3n) is 3.31. The lowest BCUT2D eigenvalue weighted by Crippen LogP contribution is -2.21. The SMILES string of the molecule is COc1ccc(C(C)NCCc2ccco2)cc1OC. The van der Waals surface area contributed by atoms with E-state index in [2.05, 4.69) is 12.2 Å². The van der Waals surface area contributed by atoms with Crippen LogP contribution in [0.2, 0.25) is 0 Å². The number of nitrogens with one attached hydrogen (secondary N) is 1. The van der Waals surface area contributed by atoms with Crippen molar-refractivity contribution < 1.29 is 13.9 Å². The predicted octanol–water partition coefficient (Wildman–Crippen LogP) is 3.19. The van der Waals surface area contributed by atoms with Crippen LogP contribution >= 0.6 is 0 Å². The van der Waals surface area contributed by atoms with Crippen molar-refractivity contribution in [2.75, 3.05) is 20.8 Å². The zero-order valence-corrected chi connectivity index (χ0v) is 12.2. The van der Waals surface area contributed by atoms with Crippen LogP contribution in [0.3, 0.4) is 0 Å². The summed E-state index contributed by atoms with van der Waals surface area (Å²) in [4.78, 5) is 0. The van der Waals surface area contributed by atoms with Crippen molar-refractivity contribution in [3.63, 3.8) is 0 Å². The van der Waals surface area contributed by atoms with Crippen LogP contribution < -0.4 is 14.8 Å². The standard InChI is InChI=1S/C16H21NO3/c1-12(17-9-8-14-5-4-10-20-14)13-6-7-15(18-2)16(11-13)19-3/h4-7,10-12,17H,8-9H2,1-3H3. The second-order valence-electron chi connectivity index (χ2n) is 4.62. The third-order valence-corrected chi connectivity index (χ3v) is 3.31. The first kappa shape index (κ1) is 14.5. The Morgan fingerprint density at radius 2 is 1.95 bits per heavy atom. The smallest absolute Gasteiger partial charge is 0.161 e. The van der Waals surface area contributed by atoms with Gasteiger partial charge in [0.2, 0.25) is 0 Å². The van der Waals surface area contributed by atoms with Gasteiger partial charge >= 0.3 is 0 Å². The first-order valence-electron chi connectivity index (χ1n) is 6.72. The Labute approximate surface area is 119 Å². The highest BCUT2D eigenvalue weighted by Gasteiger charge is 2.09. The number of furan rings is 1. The molecule has 0 amide bonds. The average Bonchev–Trinajstić information content (AvgIpc) is 2.99. The van der Waals surface area contributed by atoms with Crippen molar-refractivity contribution in [2.45, 2.75) is 19.4 Å². The number of hydrogen-bond acceptors (Lipinski definition) is 4. The molecular formula is C16H21NO3. The summed E-state index contributed by atoms with van der Waals surface area (Å²) in [6.45, 7) is 2.99. The molecule has 0 saturated carbocycles. The van der Waals surface area contributed by atoms with E-state index in [0.29, 0.717) is 0 Å². The Kier molecular flexibility index (Phi) is 5.07. The summed E-state index contributed by atoms with van der Waals surface area (Å²) < 4.78 is 15.9. The molecule has 1 aromatic carbocycles. The van der Waals surface area contributed by atoms with E-state index >= 15 is 0 Å². The minimum Gasteiger partial charge on any atom is -0.493 e. The summed E-state index contributed by atoms with van der Waals surface area (Å²) >= 11 is 0. The van der Waals surface area contributed by atoms with Crippen molar-refractivity contribution in [3.05, 3.63) is 47.9 Å². The maximum Gasteiger partial charge on any atom is 0.161 e. The summed E-state index contributed by atoms with van der Waals surface area (Å²) in [5.74, 6) is 2.50. The van der Waals surface area contributed by atoms with E-state index in [-0.39, 0.29) is 6.04 Å². The molecule has 20 heavy (non-hydrogen) atoms. The minimum absolute atomic E-state index is 0.241. The molecule has 1 aromatic heterocycles. The normalized spacial score (nSPS) is 12.2. The van der Waals surface area contributed by atoms with Gasteiger partial charge in [-0.05, 0) is 36.8 Å². The molecule has 1 unspecified atom stereocenters. The van der Waals surface area contributed by atoms with Gasteiger partial charge < -0.3 is 19.2 Å². The van der Waals surface area contributed by atoms with Gasteiger partial charge in [0.05, 0.1) is 20.5 Å². The zero-order valence-electron chi connectivity index (χ0n) is 12.2. The Bertz CT molecular complexity index is 523. The Balaban J connectivity index is 1.93. The minimum atomic E-state index is 0.241. The Morgan fingerprint density at radius 3 is 2.60 bits per heavy atom. The van der Waals surface area contributed by atoms with Crippen LogP contribution in [-0.2, 0) is 6.42 Å². The Hall–Kier alpha value is -1.94. The van der Waals surface area contributed by atoms with Gasteiger partial charge in [0.15, 0.2) is 11.5 Å². The molecule has 4 heteroatoms. The molecule has 0 bridgehead atoms. The fourth-order valence-corrected chi connectivity index (χ4v) is 2.11. The highest BCUT2D eigenvalue weighted by Crippen LogP contribution is 2.29. The van der Waals surface area contributed by atoms with Crippen LogP contribution in [0.5, 0.6) is 11.5 Å². The largest absolute Gasteiger partial charge is 0.493 e. The molecule has 108 valence electrons. The quantitative estimate of drug-likeness (QED) is 0.842. The summed E-state index contributed by atoms with van der Waals surface area (Å²) in [7, 11) is 3.29. The zero-order chi connectivity index (χ0) is 14.4. The molecule has 0 saturated heterocycles. The molecule has 0 radical (unpaired) electrons. The van der Waals surface area contributed by atoms with Gasteiger partial charge in [0.1, 0.15) is 5.76 Å². The van der Waals surface area contributed by atoms with E-state index < -0.39 is 0 Å². The van der Waals surface area contributed by atoms with Crippen molar-refractivity contribution in [3.8, 4) is 11.5 Å². The van der Waals surface area contributed by atoms with Crippen LogP contribution in [0.25, 0.3) is 0 Å². The van der Waals surface area contributed by atoms with E-state index in [9.17, 15) is 0 Å². The number of benzene rings is 1. The molecule has 1 N–H and O–H groups in total. The predicted molar refractivity (Wildman–Crippen MR) is 78.4 cm³/mol. The van der Waals surface area contributed by atoms with Gasteiger partial charge in [0, 0.05) is 19.0 Å². The van der Waals surface area contributed by atoms with Gasteiger partial charge in [-0.3, -0.25) is 0 Å². The Morgan fingerprint density at radius 1 is 1.15 bits per heavy atom. The molecular weight excluding hydrogens is 254 g/mol. The molecule has 1 atom stereocenters. The molecule has 2 rings (SSSR count). The molecule has 0 aliphatic carbocycles. The topological polar surface area (TPSA) is 43.6 Å². The van der Waals surface area contributed by atoms with Gasteiger partial charge in [-0.25, -0.2) is 0 Å². The average molecular weight is 275 g/mol. The van der Waals surface area contributed by atoms with Crippen molar-refractivity contribution in [2.24, 2.45) is 0 Å². The van der Waals surface area contributed by atoms with Crippen molar-refractivity contribution >= 4 is 0 Å². The first-order chi connectivity index (χ1) is 9.74. The lowest BCUT2D eigenvalue weighted by atomic mass is 10.1. The third kappa shape index (κ3) is 3.54. The highest BCUT2D eigenvalue weighted by molar-refractivity contribution is 5.43. The van der Waals surface area contributed by atoms with Crippen LogP contribution in [0.15, 0.2) is 41.0 Å². The fraction of sp³-hybridized carbons (Fsp3) is 0.375. The van der Waals surface area contributed by atoms with Crippen LogP contribution in [0, 0.1) is 0 Å². The summed E-state index contributed by atoms with van der Waals surface area (Å²) in [6.07, 6.45) is 2.58. The fourth-order valence-electron chi connectivity index (χ4n) is 2.11. The van der Waals surface area contributed by atoms with E-state index in [1.165, 1.54) is 5.56 Å². The molecule has 4 nitrogen and oxygen atoms in total. The van der Waals surface area contributed by atoms with Gasteiger partial charge in [-0.15, -0.1) is 0 Å². The van der Waals surface area contributed by atoms with Gasteiger partial charge in [-0.1, -0.05) is 6.07 Å². The van der Waals surface area contributed by atoms with Crippen LogP contribution in [-0.4, -0.2) is 20.8 Å². The number of methoxy groups -OCH3 is 2.